The van der Waals surface area contributed by atoms with E-state index in [9.17, 15) is 9.59 Å². The number of aryl methyl sites for hydroxylation is 2. The molecule has 1 atom stereocenters. The number of carbonyl (C=O) groups is 2. The van der Waals surface area contributed by atoms with Crippen molar-refractivity contribution in [3.05, 3.63) is 29.3 Å². The predicted octanol–water partition coefficient (Wildman–Crippen LogP) is 0.870. The number of aliphatic hydroxyl groups excluding tert-OH is 1. The van der Waals surface area contributed by atoms with E-state index in [1.165, 1.54) is 0 Å². The van der Waals surface area contributed by atoms with Crippen LogP contribution in [0.3, 0.4) is 0 Å². The van der Waals surface area contributed by atoms with Crippen LogP contribution in [0.1, 0.15) is 11.1 Å². The largest absolute Gasteiger partial charge is 0.480 e. The number of amides is 2. The van der Waals surface area contributed by atoms with E-state index >= 15 is 0 Å². The number of anilines is 1. The molecule has 1 aromatic carbocycles. The number of carboxylic acids is 1. The molecule has 0 spiro atoms. The van der Waals surface area contributed by atoms with Gasteiger partial charge in [0.05, 0.1) is 6.61 Å². The number of hydrogen-bond acceptors (Lipinski definition) is 3. The van der Waals surface area contributed by atoms with Crippen molar-refractivity contribution in [3.63, 3.8) is 0 Å². The number of aliphatic carboxylic acids is 1. The summed E-state index contributed by atoms with van der Waals surface area (Å²) in [6, 6.07) is 3.57. The van der Waals surface area contributed by atoms with Crippen LogP contribution in [-0.4, -0.2) is 34.9 Å². The van der Waals surface area contributed by atoms with Crippen molar-refractivity contribution in [1.29, 1.82) is 0 Å². The highest BCUT2D eigenvalue weighted by molar-refractivity contribution is 5.92. The Kier molecular flexibility index (Phi) is 4.67. The summed E-state index contributed by atoms with van der Waals surface area (Å²) >= 11 is 0. The Bertz CT molecular complexity index is 459. The highest BCUT2D eigenvalue weighted by atomic mass is 16.4. The van der Waals surface area contributed by atoms with Gasteiger partial charge in [0.2, 0.25) is 0 Å². The van der Waals surface area contributed by atoms with Crippen molar-refractivity contribution < 1.29 is 19.8 Å². The molecule has 0 radical (unpaired) electrons. The average Bonchev–Trinajstić information content (AvgIpc) is 2.30. The van der Waals surface area contributed by atoms with Crippen LogP contribution in [0.15, 0.2) is 18.2 Å². The molecule has 18 heavy (non-hydrogen) atoms. The van der Waals surface area contributed by atoms with Gasteiger partial charge in [-0.25, -0.2) is 9.59 Å². The minimum absolute atomic E-state index is 0.606. The van der Waals surface area contributed by atoms with Crippen molar-refractivity contribution in [3.8, 4) is 0 Å². The molecule has 0 fully saturated rings. The van der Waals surface area contributed by atoms with Gasteiger partial charge in [0.25, 0.3) is 0 Å². The Morgan fingerprint density at radius 2 is 2.00 bits per heavy atom. The van der Waals surface area contributed by atoms with E-state index < -0.39 is 24.6 Å². The molecule has 98 valence electrons. The number of nitrogens with one attached hydrogen (secondary N) is 2. The second-order valence-corrected chi connectivity index (χ2v) is 3.99. The third-order valence-corrected chi connectivity index (χ3v) is 2.43. The van der Waals surface area contributed by atoms with Gasteiger partial charge in [-0.1, -0.05) is 12.1 Å². The summed E-state index contributed by atoms with van der Waals surface area (Å²) in [6.07, 6.45) is 0. The van der Waals surface area contributed by atoms with E-state index in [0.717, 1.165) is 11.1 Å². The number of hydrogen-bond donors (Lipinski definition) is 4. The van der Waals surface area contributed by atoms with Crippen LogP contribution in [-0.2, 0) is 4.79 Å². The Morgan fingerprint density at radius 1 is 1.33 bits per heavy atom. The smallest absolute Gasteiger partial charge is 0.328 e. The molecule has 0 aliphatic rings. The van der Waals surface area contributed by atoms with E-state index in [1.807, 2.05) is 26.0 Å². The van der Waals surface area contributed by atoms with E-state index in [1.54, 1.807) is 6.07 Å². The van der Waals surface area contributed by atoms with Crippen LogP contribution in [0.25, 0.3) is 0 Å². The Hall–Kier alpha value is -2.08. The Morgan fingerprint density at radius 3 is 2.56 bits per heavy atom. The fourth-order valence-electron chi connectivity index (χ4n) is 1.37. The molecule has 6 nitrogen and oxygen atoms in total. The summed E-state index contributed by atoms with van der Waals surface area (Å²) in [6.45, 7) is 3.06. The van der Waals surface area contributed by atoms with Gasteiger partial charge in [-0.2, -0.15) is 0 Å². The molecule has 0 bridgehead atoms. The maximum absolute atomic E-state index is 11.6. The SMILES string of the molecule is Cc1ccc(C)c(NC(=O)N[C@@H](CO)C(=O)O)c1. The molecule has 0 aromatic heterocycles. The van der Waals surface area contributed by atoms with E-state index in [0.29, 0.717) is 5.69 Å². The van der Waals surface area contributed by atoms with Crippen LogP contribution in [0.2, 0.25) is 0 Å². The van der Waals surface area contributed by atoms with Gasteiger partial charge in [-0.3, -0.25) is 0 Å². The third kappa shape index (κ3) is 3.74. The van der Waals surface area contributed by atoms with E-state index in [2.05, 4.69) is 10.6 Å². The number of urea groups is 1. The minimum Gasteiger partial charge on any atom is -0.480 e. The van der Waals surface area contributed by atoms with Gasteiger partial charge >= 0.3 is 12.0 Å². The maximum atomic E-state index is 11.6. The molecule has 2 amide bonds. The Labute approximate surface area is 105 Å². The van der Waals surface area contributed by atoms with Crippen molar-refractivity contribution in [2.24, 2.45) is 0 Å². The maximum Gasteiger partial charge on any atom is 0.328 e. The van der Waals surface area contributed by atoms with Crippen LogP contribution >= 0.6 is 0 Å². The molecule has 0 unspecified atom stereocenters. The van der Waals surface area contributed by atoms with Crippen molar-refractivity contribution >= 4 is 17.7 Å². The molecule has 0 aliphatic heterocycles. The lowest BCUT2D eigenvalue weighted by atomic mass is 10.1. The standard InChI is InChI=1S/C12H16N2O4/c1-7-3-4-8(2)9(5-7)13-12(18)14-10(6-15)11(16)17/h3-5,10,15H,6H2,1-2H3,(H,16,17)(H2,13,14,18)/t10-/m0/s1. The number of rotatable bonds is 4. The first kappa shape index (κ1) is 14.0. The number of benzene rings is 1. The topological polar surface area (TPSA) is 98.7 Å². The molecule has 0 aliphatic carbocycles. The molecular weight excluding hydrogens is 236 g/mol. The van der Waals surface area contributed by atoms with Crippen molar-refractivity contribution in [2.75, 3.05) is 11.9 Å². The molecular formula is C12H16N2O4. The normalized spacial score (nSPS) is 11.7. The monoisotopic (exact) mass is 252 g/mol. The van der Waals surface area contributed by atoms with Gasteiger partial charge in [0.1, 0.15) is 0 Å². The first-order chi connectivity index (χ1) is 8.43. The third-order valence-electron chi connectivity index (χ3n) is 2.43. The zero-order chi connectivity index (χ0) is 13.7. The van der Waals surface area contributed by atoms with Crippen molar-refractivity contribution in [2.45, 2.75) is 19.9 Å². The summed E-state index contributed by atoms with van der Waals surface area (Å²) < 4.78 is 0. The number of aliphatic hydroxyl groups is 1. The summed E-state index contributed by atoms with van der Waals surface area (Å²) in [5.74, 6) is -1.28. The lowest BCUT2D eigenvalue weighted by Crippen LogP contribution is -2.45. The fraction of sp³-hybridized carbons (Fsp3) is 0.333. The molecule has 6 heteroatoms. The van der Waals surface area contributed by atoms with Gasteiger partial charge < -0.3 is 20.8 Å². The predicted molar refractivity (Wildman–Crippen MR) is 66.6 cm³/mol. The summed E-state index contributed by atoms with van der Waals surface area (Å²) in [5, 5.41) is 22.2. The van der Waals surface area contributed by atoms with Gasteiger partial charge in [0.15, 0.2) is 6.04 Å². The average molecular weight is 252 g/mol. The zero-order valence-corrected chi connectivity index (χ0v) is 10.2. The molecule has 0 heterocycles. The zero-order valence-electron chi connectivity index (χ0n) is 10.2. The van der Waals surface area contributed by atoms with Crippen molar-refractivity contribution in [1.82, 2.24) is 5.32 Å². The van der Waals surface area contributed by atoms with Crippen LogP contribution in [0, 0.1) is 13.8 Å². The van der Waals surface area contributed by atoms with Crippen LogP contribution < -0.4 is 10.6 Å². The van der Waals surface area contributed by atoms with Crippen LogP contribution in [0.5, 0.6) is 0 Å². The Balaban J connectivity index is 2.70. The fourth-order valence-corrected chi connectivity index (χ4v) is 1.37. The minimum atomic E-state index is -1.31. The van der Waals surface area contributed by atoms with Gasteiger partial charge in [-0.05, 0) is 31.0 Å². The van der Waals surface area contributed by atoms with Gasteiger partial charge in [0, 0.05) is 5.69 Å². The summed E-state index contributed by atoms with van der Waals surface area (Å²) in [7, 11) is 0. The first-order valence-corrected chi connectivity index (χ1v) is 5.42. The lowest BCUT2D eigenvalue weighted by Gasteiger charge is -2.14. The molecule has 1 rings (SSSR count). The highest BCUT2D eigenvalue weighted by Gasteiger charge is 2.18. The second-order valence-electron chi connectivity index (χ2n) is 3.99. The first-order valence-electron chi connectivity index (χ1n) is 5.42. The van der Waals surface area contributed by atoms with Gasteiger partial charge in [-0.15, -0.1) is 0 Å². The quantitative estimate of drug-likeness (QED) is 0.639. The summed E-state index contributed by atoms with van der Waals surface area (Å²) in [4.78, 5) is 22.2. The molecule has 0 saturated heterocycles. The number of carboxylic acid groups (broad SMARTS) is 1. The highest BCUT2D eigenvalue weighted by Crippen LogP contribution is 2.15. The van der Waals surface area contributed by atoms with Crippen LogP contribution in [0.4, 0.5) is 10.5 Å². The van der Waals surface area contributed by atoms with E-state index in [-0.39, 0.29) is 0 Å². The number of carbonyl (C=O) groups excluding carboxylic acids is 1. The molecule has 1 aromatic rings. The summed E-state index contributed by atoms with van der Waals surface area (Å²) in [5.41, 5.74) is 2.45. The van der Waals surface area contributed by atoms with E-state index in [4.69, 9.17) is 10.2 Å². The lowest BCUT2D eigenvalue weighted by molar-refractivity contribution is -0.140. The second kappa shape index (κ2) is 6.02. The molecule has 4 N–H and O–H groups in total. The molecule has 0 saturated carbocycles.